The third-order valence-electron chi connectivity index (χ3n) is 5.84. The average molecular weight is 460 g/mol. The summed E-state index contributed by atoms with van der Waals surface area (Å²) in [5, 5.41) is 7.83. The highest BCUT2D eigenvalue weighted by molar-refractivity contribution is 7.12. The fourth-order valence-electron chi connectivity index (χ4n) is 4.20. The summed E-state index contributed by atoms with van der Waals surface area (Å²) in [5.74, 6) is -0.607. The molecule has 1 atom stereocenters. The molecule has 1 aromatic heterocycles. The summed E-state index contributed by atoms with van der Waals surface area (Å²) in [6.07, 6.45) is 0.735. The first-order valence-corrected chi connectivity index (χ1v) is 11.7. The summed E-state index contributed by atoms with van der Waals surface area (Å²) in [5.41, 5.74) is 1.10. The van der Waals surface area contributed by atoms with Crippen molar-refractivity contribution < 1.29 is 23.5 Å². The number of benzene rings is 1. The molecule has 4 rings (SSSR count). The standard InChI is InChI=1S/C23H26FN3O4S/c24-17-3-1-4-18(22(17)15-8-10-25-11-9-15)27-14-16(31-23(27)30)13-26-21(29)7-6-19(28)20-5-2-12-32-20/h1-5,12,15-16,25H,6-11,13-14H2,(H,26,29). The van der Waals surface area contributed by atoms with Gasteiger partial charge in [-0.05, 0) is 55.4 Å². The Bertz CT molecular complexity index is 976. The van der Waals surface area contributed by atoms with Crippen LogP contribution < -0.4 is 15.5 Å². The van der Waals surface area contributed by atoms with Crippen LogP contribution in [0.4, 0.5) is 14.9 Å². The molecular formula is C23H26FN3O4S. The van der Waals surface area contributed by atoms with Crippen LogP contribution in [-0.4, -0.2) is 50.1 Å². The van der Waals surface area contributed by atoms with Gasteiger partial charge in [0, 0.05) is 18.4 Å². The van der Waals surface area contributed by atoms with E-state index in [2.05, 4.69) is 10.6 Å². The zero-order valence-corrected chi connectivity index (χ0v) is 18.5. The predicted octanol–water partition coefficient (Wildman–Crippen LogP) is 3.46. The minimum atomic E-state index is -0.544. The van der Waals surface area contributed by atoms with E-state index < -0.39 is 12.2 Å². The molecule has 2 aliphatic heterocycles. The van der Waals surface area contributed by atoms with E-state index in [4.69, 9.17) is 4.74 Å². The molecule has 1 unspecified atom stereocenters. The van der Waals surface area contributed by atoms with Crippen molar-refractivity contribution in [2.24, 2.45) is 0 Å². The van der Waals surface area contributed by atoms with E-state index in [9.17, 15) is 18.8 Å². The normalized spacial score (nSPS) is 19.1. The maximum absolute atomic E-state index is 14.7. The summed E-state index contributed by atoms with van der Waals surface area (Å²) >= 11 is 1.35. The summed E-state index contributed by atoms with van der Waals surface area (Å²) in [7, 11) is 0. The Balaban J connectivity index is 1.33. The van der Waals surface area contributed by atoms with E-state index >= 15 is 0 Å². The van der Waals surface area contributed by atoms with Crippen LogP contribution in [0.3, 0.4) is 0 Å². The summed E-state index contributed by atoms with van der Waals surface area (Å²) < 4.78 is 20.2. The molecule has 32 heavy (non-hydrogen) atoms. The lowest BCUT2D eigenvalue weighted by molar-refractivity contribution is -0.121. The number of cyclic esters (lactones) is 1. The highest BCUT2D eigenvalue weighted by Gasteiger charge is 2.35. The van der Waals surface area contributed by atoms with Crippen LogP contribution in [0.2, 0.25) is 0 Å². The van der Waals surface area contributed by atoms with Crippen molar-refractivity contribution in [1.29, 1.82) is 0 Å². The van der Waals surface area contributed by atoms with Crippen molar-refractivity contribution in [1.82, 2.24) is 10.6 Å². The summed E-state index contributed by atoms with van der Waals surface area (Å²) in [4.78, 5) is 38.8. The molecule has 0 spiro atoms. The molecular weight excluding hydrogens is 433 g/mol. The lowest BCUT2D eigenvalue weighted by atomic mass is 9.88. The number of halogens is 1. The van der Waals surface area contributed by atoms with Crippen LogP contribution in [0.25, 0.3) is 0 Å². The van der Waals surface area contributed by atoms with E-state index in [-0.39, 0.29) is 49.4 Å². The minimum absolute atomic E-state index is 0.0416. The fraction of sp³-hybridized carbons (Fsp3) is 0.435. The number of piperidine rings is 1. The van der Waals surface area contributed by atoms with Gasteiger partial charge >= 0.3 is 6.09 Å². The zero-order valence-electron chi connectivity index (χ0n) is 17.6. The van der Waals surface area contributed by atoms with Gasteiger partial charge in [-0.1, -0.05) is 12.1 Å². The van der Waals surface area contributed by atoms with Crippen LogP contribution >= 0.6 is 11.3 Å². The number of ketones is 1. The van der Waals surface area contributed by atoms with Crippen LogP contribution in [0.1, 0.15) is 46.8 Å². The van der Waals surface area contributed by atoms with Crippen molar-refractivity contribution >= 4 is 34.8 Å². The molecule has 0 bridgehead atoms. The summed E-state index contributed by atoms with van der Waals surface area (Å²) in [6, 6.07) is 8.31. The van der Waals surface area contributed by atoms with E-state index in [1.54, 1.807) is 24.3 Å². The number of nitrogens with zero attached hydrogens (tertiary/aromatic N) is 1. The topological polar surface area (TPSA) is 87.7 Å². The number of rotatable bonds is 8. The number of hydrogen-bond donors (Lipinski definition) is 2. The largest absolute Gasteiger partial charge is 0.442 e. The van der Waals surface area contributed by atoms with Crippen molar-refractivity contribution in [2.75, 3.05) is 31.1 Å². The molecule has 1 aromatic carbocycles. The molecule has 2 fully saturated rings. The Kier molecular flexibility index (Phi) is 7.16. The molecule has 7 nitrogen and oxygen atoms in total. The van der Waals surface area contributed by atoms with E-state index in [0.717, 1.165) is 25.9 Å². The smallest absolute Gasteiger partial charge is 0.414 e. The van der Waals surface area contributed by atoms with Gasteiger partial charge in [0.25, 0.3) is 0 Å². The molecule has 2 aromatic rings. The second-order valence-electron chi connectivity index (χ2n) is 8.02. The highest BCUT2D eigenvalue weighted by atomic mass is 32.1. The van der Waals surface area contributed by atoms with Crippen LogP contribution in [0, 0.1) is 5.82 Å². The van der Waals surface area contributed by atoms with Crippen molar-refractivity contribution in [2.45, 2.75) is 37.7 Å². The molecule has 2 aliphatic rings. The number of anilines is 1. The van der Waals surface area contributed by atoms with Gasteiger partial charge in [-0.25, -0.2) is 9.18 Å². The molecule has 2 amide bonds. The molecule has 9 heteroatoms. The van der Waals surface area contributed by atoms with Crippen LogP contribution in [0.5, 0.6) is 0 Å². The second kappa shape index (κ2) is 10.2. The predicted molar refractivity (Wildman–Crippen MR) is 120 cm³/mol. The number of amides is 2. The highest BCUT2D eigenvalue weighted by Crippen LogP contribution is 2.36. The molecule has 0 aliphatic carbocycles. The number of carbonyl (C=O) groups excluding carboxylic acids is 3. The molecule has 2 N–H and O–H groups in total. The maximum atomic E-state index is 14.7. The number of ether oxygens (including phenoxy) is 1. The lowest BCUT2D eigenvalue weighted by Gasteiger charge is -2.27. The number of carbonyl (C=O) groups is 3. The molecule has 3 heterocycles. The molecule has 0 saturated carbocycles. The Morgan fingerprint density at radius 2 is 2.00 bits per heavy atom. The Labute approximate surface area is 189 Å². The van der Waals surface area contributed by atoms with Crippen molar-refractivity contribution in [3.63, 3.8) is 0 Å². The quantitative estimate of drug-likeness (QED) is 0.591. The number of nitrogens with one attached hydrogen (secondary N) is 2. The molecule has 0 radical (unpaired) electrons. The molecule has 170 valence electrons. The first-order valence-electron chi connectivity index (χ1n) is 10.8. The molecule has 2 saturated heterocycles. The Morgan fingerprint density at radius 3 is 2.75 bits per heavy atom. The third kappa shape index (κ3) is 5.16. The first-order chi connectivity index (χ1) is 15.5. The van der Waals surface area contributed by atoms with Gasteiger partial charge in [0.2, 0.25) is 5.91 Å². The van der Waals surface area contributed by atoms with Gasteiger partial charge in [-0.15, -0.1) is 11.3 Å². The monoisotopic (exact) mass is 459 g/mol. The van der Waals surface area contributed by atoms with E-state index in [1.807, 2.05) is 5.38 Å². The zero-order chi connectivity index (χ0) is 22.5. The lowest BCUT2D eigenvalue weighted by Crippen LogP contribution is -2.35. The van der Waals surface area contributed by atoms with Gasteiger partial charge in [0.05, 0.1) is 23.7 Å². The van der Waals surface area contributed by atoms with Gasteiger partial charge in [-0.3, -0.25) is 14.5 Å². The SMILES string of the molecule is O=C(CCC(=O)c1cccs1)NCC1CN(c2cccc(F)c2C2CCNCC2)C(=O)O1. The first kappa shape index (κ1) is 22.4. The second-order valence-corrected chi connectivity index (χ2v) is 8.97. The number of hydrogen-bond acceptors (Lipinski definition) is 6. The van der Waals surface area contributed by atoms with E-state index in [0.29, 0.717) is 16.1 Å². The third-order valence-corrected chi connectivity index (χ3v) is 6.76. The number of Topliss-reactive ketones (excluding diaryl/α,β-unsaturated/α-hetero) is 1. The van der Waals surface area contributed by atoms with Crippen LogP contribution in [0.15, 0.2) is 35.7 Å². The van der Waals surface area contributed by atoms with E-state index in [1.165, 1.54) is 22.3 Å². The van der Waals surface area contributed by atoms with Gasteiger partial charge in [-0.2, -0.15) is 0 Å². The van der Waals surface area contributed by atoms with Crippen molar-refractivity contribution in [3.05, 3.63) is 52.0 Å². The maximum Gasteiger partial charge on any atom is 0.414 e. The minimum Gasteiger partial charge on any atom is -0.442 e. The van der Waals surface area contributed by atoms with Gasteiger partial charge < -0.3 is 15.4 Å². The van der Waals surface area contributed by atoms with Crippen molar-refractivity contribution in [3.8, 4) is 0 Å². The average Bonchev–Trinajstić information content (AvgIpc) is 3.46. The van der Waals surface area contributed by atoms with Gasteiger partial charge in [0.1, 0.15) is 11.9 Å². The summed E-state index contributed by atoms with van der Waals surface area (Å²) in [6.45, 7) is 2.00. The van der Waals surface area contributed by atoms with Crippen LogP contribution in [-0.2, 0) is 9.53 Å². The van der Waals surface area contributed by atoms with Gasteiger partial charge in [0.15, 0.2) is 5.78 Å². The fourth-order valence-corrected chi connectivity index (χ4v) is 4.90. The Morgan fingerprint density at radius 1 is 1.19 bits per heavy atom. The number of thiophene rings is 1. The Hall–Kier alpha value is -2.78.